The van der Waals surface area contributed by atoms with Gasteiger partial charge in [0, 0.05) is 6.07 Å². The van der Waals surface area contributed by atoms with Gasteiger partial charge in [0.1, 0.15) is 42.4 Å². The fourth-order valence-corrected chi connectivity index (χ4v) is 8.07. The highest BCUT2D eigenvalue weighted by Gasteiger charge is 2.52. The zero-order valence-electron chi connectivity index (χ0n) is 24.2. The topological polar surface area (TPSA) is 365 Å². The third kappa shape index (κ3) is 8.57. The van der Waals surface area contributed by atoms with Crippen LogP contribution in [0.4, 0.5) is 5.82 Å². The lowest BCUT2D eigenvalue weighted by molar-refractivity contribution is -0.765. The molecule has 24 nitrogen and oxygen atoms in total. The number of carbonyl (C=O) groups is 1. The molecule has 10 atom stereocenters. The molecule has 0 aliphatic carbocycles. The predicted molar refractivity (Wildman–Crippen MR) is 158 cm³/mol. The summed E-state index contributed by atoms with van der Waals surface area (Å²) in [6.45, 7) is -2.05. The van der Waals surface area contributed by atoms with Gasteiger partial charge in [-0.05, 0) is 22.0 Å². The number of halogens is 1. The van der Waals surface area contributed by atoms with Crippen molar-refractivity contribution >= 4 is 62.3 Å². The number of nitrogens with zero attached hydrogens (tertiary/aromatic N) is 5. The molecule has 49 heavy (non-hydrogen) atoms. The van der Waals surface area contributed by atoms with E-state index in [2.05, 4.69) is 39.7 Å². The molecule has 2 aliphatic rings. The highest BCUT2D eigenvalue weighted by molar-refractivity contribution is 9.10. The average molecular weight is 823 g/mol. The van der Waals surface area contributed by atoms with Crippen LogP contribution in [0.25, 0.3) is 11.2 Å². The lowest BCUT2D eigenvalue weighted by atomic mass is 10.1. The van der Waals surface area contributed by atoms with E-state index in [1.165, 1.54) is 29.1 Å². The second-order valence-electron chi connectivity index (χ2n) is 10.4. The third-order valence-corrected chi connectivity index (χ3v) is 10.7. The summed E-state index contributed by atoms with van der Waals surface area (Å²) in [5, 5.41) is 31.6. The Morgan fingerprint density at radius 1 is 1.00 bits per heavy atom. The van der Waals surface area contributed by atoms with Gasteiger partial charge in [-0.1, -0.05) is 0 Å². The summed E-state index contributed by atoms with van der Waals surface area (Å²) in [7, 11) is -16.3. The maximum Gasteiger partial charge on any atom is 0.481 e. The first-order valence-corrected chi connectivity index (χ1v) is 18.8. The number of carbonyl (C=O) groups excluding carboxylic acids is 1. The molecule has 1 amide bonds. The number of pyridine rings is 1. The maximum absolute atomic E-state index is 12.6. The number of hydrogen-bond acceptors (Lipinski definition) is 17. The number of phosphoric acid groups is 3. The molecule has 2 unspecified atom stereocenters. The molecule has 0 radical (unpaired) electrons. The number of phosphoric ester groups is 3. The standard InChI is InChI=1S/C21H27BrN7O17P3/c22-21-27-11-16(23)25-7-26-18(11)29(21)20-15(45-47(34,35)36)13(31)10(44-20)6-42-49(39,40)46-48(37,38)41-5-9-12(30)14(32)19(43-9)28-3-1-2-8(4-28)17(24)33/h1-4,7,9-10,12-15,19-20,30-32H,5-6H2,(H7-,23,24,25,26,33,34,35,36,37,38,39,40)/p+1/t9-,10-,12-,13-,14+,15+,19+,20+/m0/s1. The van der Waals surface area contributed by atoms with Crippen molar-refractivity contribution in [1.82, 2.24) is 19.5 Å². The van der Waals surface area contributed by atoms with E-state index < -0.39 is 91.7 Å². The molecule has 2 saturated heterocycles. The number of nitrogen functional groups attached to an aromatic ring is 1. The van der Waals surface area contributed by atoms with E-state index in [-0.39, 0.29) is 27.3 Å². The number of aliphatic hydroxyl groups excluding tert-OH is 3. The fourth-order valence-electron chi connectivity index (χ4n) is 4.88. The molecular weight excluding hydrogens is 795 g/mol. The zero-order valence-corrected chi connectivity index (χ0v) is 28.5. The first kappa shape index (κ1) is 37.9. The number of nitrogens with two attached hydrogens (primary N) is 2. The number of fused-ring (bicyclic) bond motifs is 1. The Balaban J connectivity index is 1.23. The smallest absolute Gasteiger partial charge is 0.387 e. The molecule has 270 valence electrons. The van der Waals surface area contributed by atoms with Crippen LogP contribution in [0.15, 0.2) is 35.6 Å². The predicted octanol–water partition coefficient (Wildman–Crippen LogP) is -2.14. The summed E-state index contributed by atoms with van der Waals surface area (Å²) in [5.41, 5.74) is 11.1. The van der Waals surface area contributed by atoms with Gasteiger partial charge in [0.05, 0.1) is 13.2 Å². The molecule has 0 spiro atoms. The highest BCUT2D eigenvalue weighted by Crippen LogP contribution is 2.61. The average Bonchev–Trinajstić information content (AvgIpc) is 3.60. The summed E-state index contributed by atoms with van der Waals surface area (Å²) in [6.07, 6.45) is -9.64. The van der Waals surface area contributed by atoms with Crippen molar-refractivity contribution < 1.29 is 85.3 Å². The fraction of sp³-hybridized carbons (Fsp3) is 0.476. The minimum Gasteiger partial charge on any atom is -0.387 e. The van der Waals surface area contributed by atoms with Crippen LogP contribution >= 0.6 is 39.4 Å². The van der Waals surface area contributed by atoms with Crippen molar-refractivity contribution in [2.75, 3.05) is 18.9 Å². The van der Waals surface area contributed by atoms with Crippen LogP contribution in [0.5, 0.6) is 0 Å². The Kier molecular flexibility index (Phi) is 11.1. The van der Waals surface area contributed by atoms with Gasteiger partial charge in [0.25, 0.3) is 12.1 Å². The van der Waals surface area contributed by atoms with E-state index in [1.807, 2.05) is 0 Å². The second kappa shape index (κ2) is 14.3. The zero-order chi connectivity index (χ0) is 36.1. The van der Waals surface area contributed by atoms with Crippen molar-refractivity contribution in [3.63, 3.8) is 0 Å². The Morgan fingerprint density at radius 3 is 2.24 bits per heavy atom. The second-order valence-corrected chi connectivity index (χ2v) is 15.3. The molecule has 2 fully saturated rings. The number of rotatable bonds is 13. The molecular formula is C21H28BrN7O17P3+. The largest absolute Gasteiger partial charge is 0.481 e. The van der Waals surface area contributed by atoms with Crippen LogP contribution in [0, 0.1) is 0 Å². The number of imidazole rings is 1. The summed E-state index contributed by atoms with van der Waals surface area (Å²) in [4.78, 5) is 62.5. The van der Waals surface area contributed by atoms with Crippen molar-refractivity contribution in [3.05, 3.63) is 41.2 Å². The van der Waals surface area contributed by atoms with Gasteiger partial charge in [-0.25, -0.2) is 28.6 Å². The summed E-state index contributed by atoms with van der Waals surface area (Å²) in [5.74, 6) is -0.872. The number of anilines is 1. The Labute approximate surface area is 281 Å². The number of ether oxygens (including phenoxy) is 2. The first-order chi connectivity index (χ1) is 22.8. The number of aliphatic hydroxyl groups is 3. The van der Waals surface area contributed by atoms with Crippen LogP contribution in [0.3, 0.4) is 0 Å². The molecule has 5 heterocycles. The summed E-state index contributed by atoms with van der Waals surface area (Å²) in [6, 6.07) is 2.79. The highest BCUT2D eigenvalue weighted by atomic mass is 79.9. The Bertz CT molecular complexity index is 1870. The molecule has 0 bridgehead atoms. The molecule has 11 N–H and O–H groups in total. The van der Waals surface area contributed by atoms with Crippen molar-refractivity contribution in [2.45, 2.75) is 49.1 Å². The lowest BCUT2D eigenvalue weighted by Crippen LogP contribution is -2.46. The number of aromatic nitrogens is 5. The van der Waals surface area contributed by atoms with Gasteiger partial charge in [-0.2, -0.15) is 8.88 Å². The van der Waals surface area contributed by atoms with Gasteiger partial charge in [0.2, 0.25) is 0 Å². The van der Waals surface area contributed by atoms with E-state index in [4.69, 9.17) is 30.0 Å². The van der Waals surface area contributed by atoms with Gasteiger partial charge >= 0.3 is 23.5 Å². The van der Waals surface area contributed by atoms with Gasteiger partial charge in [0.15, 0.2) is 46.4 Å². The van der Waals surface area contributed by atoms with Crippen molar-refractivity contribution in [1.29, 1.82) is 0 Å². The van der Waals surface area contributed by atoms with Crippen LogP contribution in [-0.4, -0.2) is 110 Å². The number of amides is 1. The monoisotopic (exact) mass is 822 g/mol. The minimum atomic E-state index is -5.54. The van der Waals surface area contributed by atoms with E-state index in [0.29, 0.717) is 0 Å². The molecule has 0 saturated carbocycles. The van der Waals surface area contributed by atoms with E-state index >= 15 is 0 Å². The SMILES string of the molecule is NC(=O)c1ccc[n+]([C@@H]2O[C@@H](COP(=O)(O)OP(=O)(O)OC[C@@H]3O[C@@H](n4c(Br)nc5c(N)ncnc54)[C@H](OP(=O)(O)O)[C@H]3O)[C@H](O)[C@H]2O)c1. The van der Waals surface area contributed by atoms with Gasteiger partial charge in [-0.3, -0.25) is 22.9 Å². The summed E-state index contributed by atoms with van der Waals surface area (Å²) < 4.78 is 68.6. The van der Waals surface area contributed by atoms with E-state index in [9.17, 15) is 53.4 Å². The first-order valence-electron chi connectivity index (χ1n) is 13.5. The summed E-state index contributed by atoms with van der Waals surface area (Å²) >= 11 is 3.13. The molecule has 3 aromatic rings. The lowest BCUT2D eigenvalue weighted by Gasteiger charge is -2.22. The van der Waals surface area contributed by atoms with Gasteiger partial charge < -0.3 is 55.8 Å². The number of primary amides is 1. The normalized spacial score (nSPS) is 30.0. The van der Waals surface area contributed by atoms with E-state index in [0.717, 1.165) is 10.9 Å². The van der Waals surface area contributed by atoms with Crippen LogP contribution in [0.1, 0.15) is 22.8 Å². The number of hydrogen-bond donors (Lipinski definition) is 9. The van der Waals surface area contributed by atoms with Crippen molar-refractivity contribution in [2.24, 2.45) is 5.73 Å². The Hall–Kier alpha value is -2.38. The molecule has 28 heteroatoms. The molecule has 0 aromatic carbocycles. The van der Waals surface area contributed by atoms with Crippen LogP contribution in [0.2, 0.25) is 0 Å². The van der Waals surface area contributed by atoms with Crippen LogP contribution < -0.4 is 16.0 Å². The minimum absolute atomic E-state index is 0.0278. The molecule has 5 rings (SSSR count). The maximum atomic E-state index is 12.6. The van der Waals surface area contributed by atoms with E-state index in [1.54, 1.807) is 0 Å². The third-order valence-electron chi connectivity index (χ3n) is 7.04. The molecule has 2 aliphatic heterocycles. The quantitative estimate of drug-likeness (QED) is 0.0504. The Morgan fingerprint density at radius 2 is 1.63 bits per heavy atom. The van der Waals surface area contributed by atoms with Crippen LogP contribution in [-0.2, 0) is 41.1 Å². The van der Waals surface area contributed by atoms with Gasteiger partial charge in [-0.15, -0.1) is 0 Å². The van der Waals surface area contributed by atoms with Crippen molar-refractivity contribution in [3.8, 4) is 0 Å². The molecule has 3 aromatic heterocycles.